The Morgan fingerprint density at radius 2 is 0.854 bits per heavy atom. The molecule has 2 saturated heterocycles. The Hall–Kier alpha value is -6.90. The average molecular weight is 1490 g/mol. The number of amides is 2. The summed E-state index contributed by atoms with van der Waals surface area (Å²) in [5, 5.41) is 18.4. The van der Waals surface area contributed by atoms with Gasteiger partial charge in [0, 0.05) is 59.9 Å². The van der Waals surface area contributed by atoms with Crippen LogP contribution in [-0.2, 0) is 53.8 Å². The second-order valence-corrected chi connectivity index (χ2v) is 26.5. The van der Waals surface area contributed by atoms with Crippen molar-refractivity contribution in [2.24, 2.45) is 11.8 Å². The molecule has 103 heavy (non-hydrogen) atoms. The van der Waals surface area contributed by atoms with Crippen LogP contribution in [0.25, 0.3) is 22.3 Å². The zero-order valence-corrected chi connectivity index (χ0v) is 62.4. The van der Waals surface area contributed by atoms with E-state index in [2.05, 4.69) is 10.6 Å². The molecule has 29 heteroatoms. The van der Waals surface area contributed by atoms with Crippen molar-refractivity contribution in [2.45, 2.75) is 171 Å². The van der Waals surface area contributed by atoms with Crippen LogP contribution in [0.2, 0.25) is 0 Å². The molecule has 4 heterocycles. The summed E-state index contributed by atoms with van der Waals surface area (Å²) in [5.41, 5.74) is -0.573. The van der Waals surface area contributed by atoms with E-state index in [0.717, 1.165) is 60.5 Å². The smallest absolute Gasteiger partial charge is 0.727 e. The van der Waals surface area contributed by atoms with Crippen molar-refractivity contribution >= 4 is 50.7 Å². The standard InChI is InChI=1S/2C37H44F5N3O4.Li.H2O2.2H2S/c2*1-7-49-33(47)19-30(27-17-26(16-24(6)35(27)39)34-23(5)14-22(4)15-29(34)38)43-36(48)31(13-21(2)3)45-20-25(9-12-44-10-8-11-44)28(18-32(45)46)37(40,41)42;;1-2;;/h2*14-18,20-21,30-31H,7-13,19H2,1-6H3,(H,43,48);;1-2H;2*1H2/q;;+1;;;/p-1/t2*30-,31?;;;;/m00..../s1. The van der Waals surface area contributed by atoms with Gasteiger partial charge >= 0.3 is 43.2 Å². The maximum absolute atomic E-state index is 15.9. The van der Waals surface area contributed by atoms with Gasteiger partial charge in [0.1, 0.15) is 35.4 Å². The SMILES string of the molecule is CCOC(=O)C[C@H](NC(=O)C(CC(C)C)n1cc(CCN2CCC2)c(C(F)(F)F)cc1=O)c1cc(-c2c(C)cc(C)cc2F)cc(C)c1F.CCOC(=O)C[C@H](NC(=O)C(CC(C)C)n1cc(CCN2CCC2)c(C(F)(F)F)cc1=O)c1cc(-c2c(C)cc(C)cc2F)cc(C)c1F.S.S.[Li+].[O-]O. The van der Waals surface area contributed by atoms with Gasteiger partial charge in [-0.05, 0) is 224 Å². The average Bonchev–Trinajstić information content (AvgIpc) is 0.796. The van der Waals surface area contributed by atoms with Crippen molar-refractivity contribution in [3.05, 3.63) is 184 Å². The number of alkyl halides is 6. The number of esters is 2. The molecular formula is C74H93F10LiN6O10S2. The summed E-state index contributed by atoms with van der Waals surface area (Å²) in [4.78, 5) is 84.4. The molecule has 16 nitrogen and oxygen atoms in total. The van der Waals surface area contributed by atoms with Crippen molar-refractivity contribution < 1.29 is 102 Å². The number of rotatable bonds is 26. The number of aromatic nitrogens is 2. The third kappa shape index (κ3) is 24.1. The molecule has 562 valence electrons. The van der Waals surface area contributed by atoms with Gasteiger partial charge in [0.25, 0.3) is 11.1 Å². The number of nitrogens with zero attached hydrogens (tertiary/aromatic N) is 4. The van der Waals surface area contributed by atoms with Crippen LogP contribution in [0.1, 0.15) is 171 Å². The number of carbonyl (C=O) groups excluding carboxylic acids is 4. The Kier molecular flexibility index (Phi) is 35.1. The van der Waals surface area contributed by atoms with E-state index < -0.39 is 119 Å². The van der Waals surface area contributed by atoms with E-state index >= 15 is 17.6 Å². The quantitative estimate of drug-likeness (QED) is 0.0153. The fourth-order valence-corrected chi connectivity index (χ4v) is 12.7. The third-order valence-electron chi connectivity index (χ3n) is 17.6. The Labute approximate surface area is 620 Å². The van der Waals surface area contributed by atoms with E-state index in [1.807, 2.05) is 9.80 Å². The van der Waals surface area contributed by atoms with E-state index in [4.69, 9.17) is 20.0 Å². The van der Waals surface area contributed by atoms with Gasteiger partial charge in [-0.3, -0.25) is 28.8 Å². The van der Waals surface area contributed by atoms with Crippen molar-refractivity contribution in [2.75, 3.05) is 52.5 Å². The number of halogens is 10. The normalized spacial score (nSPS) is 14.1. The van der Waals surface area contributed by atoms with E-state index in [1.54, 1.807) is 81.4 Å². The molecule has 4 atom stereocenters. The Morgan fingerprint density at radius 1 is 0.524 bits per heavy atom. The molecule has 0 spiro atoms. The van der Waals surface area contributed by atoms with Crippen LogP contribution in [0.3, 0.4) is 0 Å². The number of benzene rings is 4. The first-order chi connectivity index (χ1) is 47.0. The van der Waals surface area contributed by atoms with Gasteiger partial charge in [-0.1, -0.05) is 39.8 Å². The van der Waals surface area contributed by atoms with Gasteiger partial charge < -0.3 is 49.6 Å². The van der Waals surface area contributed by atoms with E-state index in [0.29, 0.717) is 58.6 Å². The second-order valence-electron chi connectivity index (χ2n) is 26.5. The molecule has 0 aliphatic carbocycles. The molecule has 0 radical (unpaired) electrons. The predicted molar refractivity (Wildman–Crippen MR) is 378 cm³/mol. The molecule has 2 amide bonds. The first kappa shape index (κ1) is 90.3. The molecule has 2 fully saturated rings. The van der Waals surface area contributed by atoms with Crippen LogP contribution < -0.4 is 45.9 Å². The fourth-order valence-electron chi connectivity index (χ4n) is 12.7. The van der Waals surface area contributed by atoms with Gasteiger partial charge in [-0.15, -0.1) is 0 Å². The molecular weight excluding hydrogens is 1390 g/mol. The topological polar surface area (TPSA) is 205 Å². The first-order valence-corrected chi connectivity index (χ1v) is 33.3. The molecule has 2 aromatic heterocycles. The van der Waals surface area contributed by atoms with Crippen LogP contribution in [-0.4, -0.2) is 100 Å². The molecule has 2 unspecified atom stereocenters. The number of aryl methyl sites for hydroxylation is 6. The first-order valence-electron chi connectivity index (χ1n) is 33.3. The number of nitrogens with one attached hydrogen (secondary N) is 2. The van der Waals surface area contributed by atoms with E-state index in [-0.39, 0.29) is 141 Å². The summed E-state index contributed by atoms with van der Waals surface area (Å²) >= 11 is 0. The number of likely N-dealkylation sites (tertiary alicyclic amines) is 2. The summed E-state index contributed by atoms with van der Waals surface area (Å²) in [6.07, 6.45) is -6.27. The van der Waals surface area contributed by atoms with Gasteiger partial charge in [0.15, 0.2) is 0 Å². The molecule has 3 N–H and O–H groups in total. The number of hydrogen-bond acceptors (Lipinski definition) is 12. The summed E-state index contributed by atoms with van der Waals surface area (Å²) in [7, 11) is 0. The summed E-state index contributed by atoms with van der Waals surface area (Å²) in [6.45, 7) is 24.1. The van der Waals surface area contributed by atoms with Crippen LogP contribution >= 0.6 is 27.0 Å². The summed E-state index contributed by atoms with van der Waals surface area (Å²) in [5.74, 6) is -5.96. The minimum Gasteiger partial charge on any atom is -0.727 e. The molecule has 6 aromatic rings. The van der Waals surface area contributed by atoms with Gasteiger partial charge in [0.05, 0.1) is 49.3 Å². The Bertz CT molecular complexity index is 3730. The van der Waals surface area contributed by atoms with Crippen molar-refractivity contribution in [3.8, 4) is 22.3 Å². The molecule has 2 aliphatic heterocycles. The van der Waals surface area contributed by atoms with E-state index in [1.165, 1.54) is 50.2 Å². The third-order valence-corrected chi connectivity index (χ3v) is 17.6. The van der Waals surface area contributed by atoms with E-state index in [9.17, 15) is 55.1 Å². The Balaban J connectivity index is 0.000000508. The molecule has 2 aliphatic rings. The van der Waals surface area contributed by atoms with Crippen LogP contribution in [0.4, 0.5) is 43.9 Å². The predicted octanol–water partition coefficient (Wildman–Crippen LogP) is 10.8. The maximum Gasteiger partial charge on any atom is 1.00 e. The van der Waals surface area contributed by atoms with Crippen LogP contribution in [0.15, 0.2) is 82.6 Å². The van der Waals surface area contributed by atoms with Crippen molar-refractivity contribution in [1.82, 2.24) is 29.6 Å². The number of ether oxygens (including phenoxy) is 2. The molecule has 0 saturated carbocycles. The minimum absolute atomic E-state index is 0. The maximum atomic E-state index is 15.9. The monoisotopic (exact) mass is 1490 g/mol. The molecule has 4 aromatic carbocycles. The van der Waals surface area contributed by atoms with Gasteiger partial charge in [0.2, 0.25) is 11.8 Å². The second kappa shape index (κ2) is 40.0. The van der Waals surface area contributed by atoms with Crippen molar-refractivity contribution in [3.63, 3.8) is 0 Å². The number of pyridine rings is 2. The van der Waals surface area contributed by atoms with Gasteiger partial charge in [-0.25, -0.2) is 17.6 Å². The fraction of sp³-hybridized carbons (Fsp3) is 0.486. The zero-order chi connectivity index (χ0) is 74.4. The van der Waals surface area contributed by atoms with Crippen molar-refractivity contribution in [1.29, 1.82) is 0 Å². The van der Waals surface area contributed by atoms with Crippen LogP contribution in [0, 0.1) is 76.6 Å². The van der Waals surface area contributed by atoms with Crippen LogP contribution in [0.5, 0.6) is 0 Å². The minimum atomic E-state index is -4.78. The number of hydrogen-bond donors (Lipinski definition) is 3. The molecule has 8 rings (SSSR count). The molecule has 0 bridgehead atoms. The summed E-state index contributed by atoms with van der Waals surface area (Å²) < 4.78 is 159. The largest absolute Gasteiger partial charge is 1.00 e. The Morgan fingerprint density at radius 3 is 1.13 bits per heavy atom. The summed E-state index contributed by atoms with van der Waals surface area (Å²) in [6, 6.07) is 7.83. The number of carbonyl (C=O) groups is 4. The van der Waals surface area contributed by atoms with Gasteiger partial charge in [-0.2, -0.15) is 53.3 Å². The zero-order valence-electron chi connectivity index (χ0n) is 60.4.